The van der Waals surface area contributed by atoms with E-state index in [9.17, 15) is 4.79 Å². The molecule has 0 radical (unpaired) electrons. The second kappa shape index (κ2) is 4.66. The van der Waals surface area contributed by atoms with Crippen LogP contribution < -0.4 is 0 Å². The lowest BCUT2D eigenvalue weighted by molar-refractivity contribution is -0.0370. The highest BCUT2D eigenvalue weighted by Crippen LogP contribution is 2.52. The lowest BCUT2D eigenvalue weighted by atomic mass is 9.85. The SMILES string of the molecule is CCc1cccc(C(=O)OC2(C)CC3CCC2C3)c1. The van der Waals surface area contributed by atoms with Gasteiger partial charge in [-0.05, 0) is 68.6 Å². The molecule has 0 amide bonds. The molecule has 0 aliphatic heterocycles. The number of benzene rings is 1. The van der Waals surface area contributed by atoms with Gasteiger partial charge in [-0.25, -0.2) is 4.79 Å². The third kappa shape index (κ3) is 2.29. The number of hydrogen-bond donors (Lipinski definition) is 0. The van der Waals surface area contributed by atoms with Crippen molar-refractivity contribution in [2.45, 2.75) is 51.6 Å². The lowest BCUT2D eigenvalue weighted by Crippen LogP contribution is -2.37. The van der Waals surface area contributed by atoms with Crippen molar-refractivity contribution < 1.29 is 9.53 Å². The van der Waals surface area contributed by atoms with Gasteiger partial charge in [0.2, 0.25) is 0 Å². The van der Waals surface area contributed by atoms with E-state index in [0.29, 0.717) is 11.5 Å². The summed E-state index contributed by atoms with van der Waals surface area (Å²) in [5.74, 6) is 1.21. The first-order chi connectivity index (χ1) is 9.10. The molecule has 2 saturated carbocycles. The fourth-order valence-corrected chi connectivity index (χ4v) is 3.87. The van der Waals surface area contributed by atoms with E-state index in [2.05, 4.69) is 19.9 Å². The molecule has 1 aromatic carbocycles. The van der Waals surface area contributed by atoms with Crippen molar-refractivity contribution in [1.29, 1.82) is 0 Å². The Morgan fingerprint density at radius 3 is 2.89 bits per heavy atom. The van der Waals surface area contributed by atoms with Crippen molar-refractivity contribution in [3.05, 3.63) is 35.4 Å². The van der Waals surface area contributed by atoms with Crippen LogP contribution >= 0.6 is 0 Å². The third-order valence-electron chi connectivity index (χ3n) is 5.00. The highest BCUT2D eigenvalue weighted by Gasteiger charge is 2.50. The molecule has 2 bridgehead atoms. The summed E-state index contributed by atoms with van der Waals surface area (Å²) in [6, 6.07) is 7.81. The van der Waals surface area contributed by atoms with Crippen LogP contribution in [0.4, 0.5) is 0 Å². The zero-order valence-corrected chi connectivity index (χ0v) is 11.8. The minimum atomic E-state index is -0.220. The minimum Gasteiger partial charge on any atom is -0.455 e. The Kier molecular flexibility index (Phi) is 3.12. The Labute approximate surface area is 115 Å². The van der Waals surface area contributed by atoms with E-state index in [1.807, 2.05) is 18.2 Å². The summed E-state index contributed by atoms with van der Waals surface area (Å²) in [7, 11) is 0. The molecular weight excluding hydrogens is 236 g/mol. The third-order valence-corrected chi connectivity index (χ3v) is 5.00. The average Bonchev–Trinajstić information content (AvgIpc) is 2.98. The first kappa shape index (κ1) is 12.7. The fourth-order valence-electron chi connectivity index (χ4n) is 3.87. The number of rotatable bonds is 3. The minimum absolute atomic E-state index is 0.148. The maximum atomic E-state index is 12.3. The molecular formula is C17H22O2. The second-order valence-electron chi connectivity index (χ2n) is 6.34. The number of ether oxygens (including phenoxy) is 1. The number of carbonyl (C=O) groups is 1. The predicted octanol–water partition coefficient (Wildman–Crippen LogP) is 3.98. The van der Waals surface area contributed by atoms with E-state index in [1.54, 1.807) is 0 Å². The van der Waals surface area contributed by atoms with Gasteiger partial charge < -0.3 is 4.74 Å². The molecule has 0 saturated heterocycles. The zero-order valence-electron chi connectivity index (χ0n) is 11.8. The molecule has 0 N–H and O–H groups in total. The monoisotopic (exact) mass is 258 g/mol. The molecule has 102 valence electrons. The van der Waals surface area contributed by atoms with Crippen molar-refractivity contribution in [1.82, 2.24) is 0 Å². The predicted molar refractivity (Wildman–Crippen MR) is 75.1 cm³/mol. The molecule has 2 fully saturated rings. The number of aryl methyl sites for hydroxylation is 1. The maximum Gasteiger partial charge on any atom is 0.338 e. The summed E-state index contributed by atoms with van der Waals surface area (Å²) >= 11 is 0. The Morgan fingerprint density at radius 2 is 2.26 bits per heavy atom. The molecule has 2 heteroatoms. The van der Waals surface area contributed by atoms with Gasteiger partial charge >= 0.3 is 5.97 Å². The van der Waals surface area contributed by atoms with Crippen LogP contribution in [0.3, 0.4) is 0 Å². The largest absolute Gasteiger partial charge is 0.455 e. The van der Waals surface area contributed by atoms with Gasteiger partial charge in [0.25, 0.3) is 0 Å². The quantitative estimate of drug-likeness (QED) is 0.766. The van der Waals surface area contributed by atoms with Crippen molar-refractivity contribution in [2.75, 3.05) is 0 Å². The standard InChI is InChI=1S/C17H22O2/c1-3-12-5-4-6-14(9-12)16(18)19-17(2)11-13-7-8-15(17)10-13/h4-6,9,13,15H,3,7-8,10-11H2,1-2H3. The molecule has 0 spiro atoms. The van der Waals surface area contributed by atoms with E-state index in [0.717, 1.165) is 18.8 Å². The average molecular weight is 258 g/mol. The number of esters is 1. The van der Waals surface area contributed by atoms with Crippen LogP contribution in [0.1, 0.15) is 55.5 Å². The Balaban J connectivity index is 1.74. The van der Waals surface area contributed by atoms with Gasteiger partial charge in [-0.15, -0.1) is 0 Å². The van der Waals surface area contributed by atoms with Crippen LogP contribution in [0.2, 0.25) is 0 Å². The highest BCUT2D eigenvalue weighted by atomic mass is 16.6. The van der Waals surface area contributed by atoms with Gasteiger partial charge in [-0.2, -0.15) is 0 Å². The molecule has 19 heavy (non-hydrogen) atoms. The molecule has 2 aliphatic rings. The van der Waals surface area contributed by atoms with Gasteiger partial charge in [0.05, 0.1) is 5.56 Å². The number of carbonyl (C=O) groups excluding carboxylic acids is 1. The topological polar surface area (TPSA) is 26.3 Å². The molecule has 3 atom stereocenters. The Morgan fingerprint density at radius 1 is 1.42 bits per heavy atom. The summed E-state index contributed by atoms with van der Waals surface area (Å²) in [4.78, 5) is 12.3. The molecule has 0 aromatic heterocycles. The van der Waals surface area contributed by atoms with Crippen LogP contribution in [0.5, 0.6) is 0 Å². The second-order valence-corrected chi connectivity index (χ2v) is 6.34. The number of fused-ring (bicyclic) bond motifs is 2. The molecule has 2 aliphatic carbocycles. The van der Waals surface area contributed by atoms with Crippen LogP contribution in [0, 0.1) is 11.8 Å². The van der Waals surface area contributed by atoms with Crippen molar-refractivity contribution in [3.63, 3.8) is 0 Å². The Bertz CT molecular complexity index is 494. The van der Waals surface area contributed by atoms with Gasteiger partial charge in [-0.3, -0.25) is 0 Å². The van der Waals surface area contributed by atoms with E-state index in [4.69, 9.17) is 4.74 Å². The van der Waals surface area contributed by atoms with Crippen LogP contribution in [-0.4, -0.2) is 11.6 Å². The first-order valence-electron chi connectivity index (χ1n) is 7.43. The highest BCUT2D eigenvalue weighted by molar-refractivity contribution is 5.89. The van der Waals surface area contributed by atoms with E-state index < -0.39 is 0 Å². The fraction of sp³-hybridized carbons (Fsp3) is 0.588. The molecule has 0 heterocycles. The smallest absolute Gasteiger partial charge is 0.338 e. The molecule has 2 nitrogen and oxygen atoms in total. The van der Waals surface area contributed by atoms with Crippen molar-refractivity contribution in [2.24, 2.45) is 11.8 Å². The normalized spacial score (nSPS) is 32.5. The van der Waals surface area contributed by atoms with Crippen LogP contribution in [0.15, 0.2) is 24.3 Å². The van der Waals surface area contributed by atoms with Gasteiger partial charge in [0.1, 0.15) is 5.60 Å². The summed E-state index contributed by atoms with van der Waals surface area (Å²) in [6.45, 7) is 4.22. The van der Waals surface area contributed by atoms with Gasteiger partial charge in [-0.1, -0.05) is 19.1 Å². The molecule has 3 unspecified atom stereocenters. The van der Waals surface area contributed by atoms with Gasteiger partial charge in [0, 0.05) is 0 Å². The maximum absolute atomic E-state index is 12.3. The Hall–Kier alpha value is -1.31. The summed E-state index contributed by atoms with van der Waals surface area (Å²) < 4.78 is 5.88. The summed E-state index contributed by atoms with van der Waals surface area (Å²) in [5, 5.41) is 0. The summed E-state index contributed by atoms with van der Waals surface area (Å²) in [5.41, 5.74) is 1.67. The van der Waals surface area contributed by atoms with Crippen molar-refractivity contribution in [3.8, 4) is 0 Å². The van der Waals surface area contributed by atoms with Gasteiger partial charge in [0.15, 0.2) is 0 Å². The van der Waals surface area contributed by atoms with Crippen molar-refractivity contribution >= 4 is 5.97 Å². The first-order valence-corrected chi connectivity index (χ1v) is 7.43. The summed E-state index contributed by atoms with van der Waals surface area (Å²) in [6.07, 6.45) is 5.80. The zero-order chi connectivity index (χ0) is 13.5. The number of hydrogen-bond acceptors (Lipinski definition) is 2. The van der Waals surface area contributed by atoms with E-state index in [1.165, 1.54) is 24.8 Å². The van der Waals surface area contributed by atoms with E-state index in [-0.39, 0.29) is 11.6 Å². The molecule has 3 rings (SSSR count). The van der Waals surface area contributed by atoms with Crippen LogP contribution in [0.25, 0.3) is 0 Å². The molecule has 1 aromatic rings. The lowest BCUT2D eigenvalue weighted by Gasteiger charge is -2.33. The van der Waals surface area contributed by atoms with Crippen LogP contribution in [-0.2, 0) is 11.2 Å². The van der Waals surface area contributed by atoms with E-state index >= 15 is 0 Å².